The minimum absolute atomic E-state index is 0.0680. The molecule has 0 fully saturated rings. The highest BCUT2D eigenvalue weighted by Gasteiger charge is 2.42. The predicted molar refractivity (Wildman–Crippen MR) is 83.7 cm³/mol. The Hall–Kier alpha value is -2.15. The van der Waals surface area contributed by atoms with Crippen LogP contribution in [0.2, 0.25) is 0 Å². The number of halogens is 3. The van der Waals surface area contributed by atoms with E-state index < -0.39 is 34.1 Å². The van der Waals surface area contributed by atoms with Crippen LogP contribution < -0.4 is 0 Å². The SMILES string of the molecule is CS(=O)(=O)c1ccc(C(CC(=O)c2ccccc2)C(F)(F)F)cc1. The minimum Gasteiger partial charge on any atom is -0.294 e. The molecule has 0 amide bonds. The Bertz CT molecular complexity index is 810. The molecule has 0 aliphatic rings. The maximum atomic E-state index is 13.3. The molecule has 0 saturated heterocycles. The van der Waals surface area contributed by atoms with Gasteiger partial charge in [-0.3, -0.25) is 4.79 Å². The number of sulfone groups is 1. The summed E-state index contributed by atoms with van der Waals surface area (Å²) in [5.74, 6) is -2.61. The zero-order chi connectivity index (χ0) is 18.0. The molecule has 0 radical (unpaired) electrons. The number of carbonyl (C=O) groups excluding carboxylic acids is 1. The first-order valence-corrected chi connectivity index (χ1v) is 8.93. The Balaban J connectivity index is 2.31. The van der Waals surface area contributed by atoms with Gasteiger partial charge in [-0.15, -0.1) is 0 Å². The topological polar surface area (TPSA) is 51.2 Å². The number of benzene rings is 2. The van der Waals surface area contributed by atoms with E-state index in [4.69, 9.17) is 0 Å². The molecule has 0 aliphatic heterocycles. The van der Waals surface area contributed by atoms with Gasteiger partial charge in [-0.2, -0.15) is 13.2 Å². The number of rotatable bonds is 5. The molecule has 2 aromatic carbocycles. The highest BCUT2D eigenvalue weighted by molar-refractivity contribution is 7.90. The van der Waals surface area contributed by atoms with Gasteiger partial charge >= 0.3 is 6.18 Å². The Kier molecular flexibility index (Phi) is 5.13. The van der Waals surface area contributed by atoms with Crippen molar-refractivity contribution in [1.82, 2.24) is 0 Å². The van der Waals surface area contributed by atoms with Gasteiger partial charge in [0.2, 0.25) is 0 Å². The number of ketones is 1. The second-order valence-corrected chi connectivity index (χ2v) is 7.44. The van der Waals surface area contributed by atoms with Gasteiger partial charge in [0, 0.05) is 18.2 Å². The fraction of sp³-hybridized carbons (Fsp3) is 0.235. The van der Waals surface area contributed by atoms with E-state index in [1.165, 1.54) is 12.1 Å². The predicted octanol–water partition coefficient (Wildman–Crippen LogP) is 4.01. The van der Waals surface area contributed by atoms with Gasteiger partial charge in [0.1, 0.15) is 0 Å². The molecule has 2 aromatic rings. The van der Waals surface area contributed by atoms with Crippen LogP contribution >= 0.6 is 0 Å². The number of hydrogen-bond donors (Lipinski definition) is 0. The van der Waals surface area contributed by atoms with Gasteiger partial charge in [0.15, 0.2) is 15.6 Å². The van der Waals surface area contributed by atoms with Crippen LogP contribution in [-0.4, -0.2) is 26.6 Å². The van der Waals surface area contributed by atoms with Gasteiger partial charge in [0.25, 0.3) is 0 Å². The molecular formula is C17H15F3O3S. The summed E-state index contributed by atoms with van der Waals surface area (Å²) in [7, 11) is -3.49. The van der Waals surface area contributed by atoms with E-state index in [9.17, 15) is 26.4 Å². The number of carbonyl (C=O) groups is 1. The van der Waals surface area contributed by atoms with Crippen LogP contribution in [0.5, 0.6) is 0 Å². The summed E-state index contributed by atoms with van der Waals surface area (Å²) in [6.45, 7) is 0. The van der Waals surface area contributed by atoms with Gasteiger partial charge in [-0.05, 0) is 17.7 Å². The minimum atomic E-state index is -4.61. The number of hydrogen-bond acceptors (Lipinski definition) is 3. The monoisotopic (exact) mass is 356 g/mol. The average Bonchev–Trinajstić information content (AvgIpc) is 2.51. The summed E-state index contributed by atoms with van der Waals surface area (Å²) in [4.78, 5) is 12.0. The van der Waals surface area contributed by atoms with Crippen LogP contribution in [-0.2, 0) is 9.84 Å². The molecule has 128 valence electrons. The highest BCUT2D eigenvalue weighted by atomic mass is 32.2. The molecule has 0 N–H and O–H groups in total. The van der Waals surface area contributed by atoms with Crippen molar-refractivity contribution in [2.24, 2.45) is 0 Å². The molecule has 0 bridgehead atoms. The Morgan fingerprint density at radius 1 is 1.00 bits per heavy atom. The lowest BCUT2D eigenvalue weighted by atomic mass is 9.91. The van der Waals surface area contributed by atoms with E-state index in [0.717, 1.165) is 30.5 Å². The largest absolute Gasteiger partial charge is 0.396 e. The zero-order valence-electron chi connectivity index (χ0n) is 12.7. The number of Topliss-reactive ketones (excluding diaryl/α,β-unsaturated/α-hetero) is 1. The first-order chi connectivity index (χ1) is 11.1. The van der Waals surface area contributed by atoms with Crippen molar-refractivity contribution in [1.29, 1.82) is 0 Å². The molecule has 0 aliphatic carbocycles. The van der Waals surface area contributed by atoms with Gasteiger partial charge < -0.3 is 0 Å². The first kappa shape index (κ1) is 18.2. The van der Waals surface area contributed by atoms with Crippen molar-refractivity contribution in [2.75, 3.05) is 6.26 Å². The van der Waals surface area contributed by atoms with Crippen molar-refractivity contribution >= 4 is 15.6 Å². The Morgan fingerprint density at radius 3 is 2.00 bits per heavy atom. The summed E-state index contributed by atoms with van der Waals surface area (Å²) in [5, 5.41) is 0. The molecule has 0 aromatic heterocycles. The van der Waals surface area contributed by atoms with Crippen molar-refractivity contribution < 1.29 is 26.4 Å². The summed E-state index contributed by atoms with van der Waals surface area (Å²) in [5.41, 5.74) is 0.0682. The fourth-order valence-electron chi connectivity index (χ4n) is 2.30. The van der Waals surface area contributed by atoms with Gasteiger partial charge in [0.05, 0.1) is 10.8 Å². The molecule has 1 atom stereocenters. The third-order valence-corrected chi connectivity index (χ3v) is 4.72. The molecule has 3 nitrogen and oxygen atoms in total. The quantitative estimate of drug-likeness (QED) is 0.761. The molecule has 1 unspecified atom stereocenters. The van der Waals surface area contributed by atoms with Gasteiger partial charge in [-0.1, -0.05) is 42.5 Å². The second-order valence-electron chi connectivity index (χ2n) is 5.43. The van der Waals surface area contributed by atoms with E-state index in [1.807, 2.05) is 0 Å². The maximum Gasteiger partial charge on any atom is 0.396 e. The van der Waals surface area contributed by atoms with E-state index in [1.54, 1.807) is 18.2 Å². The van der Waals surface area contributed by atoms with E-state index in [2.05, 4.69) is 0 Å². The van der Waals surface area contributed by atoms with E-state index in [-0.39, 0.29) is 16.0 Å². The lowest BCUT2D eigenvalue weighted by Crippen LogP contribution is -2.24. The van der Waals surface area contributed by atoms with Crippen LogP contribution in [0.4, 0.5) is 13.2 Å². The Morgan fingerprint density at radius 2 is 1.54 bits per heavy atom. The summed E-state index contributed by atoms with van der Waals surface area (Å²) in [6.07, 6.45) is -4.37. The third-order valence-electron chi connectivity index (χ3n) is 3.59. The van der Waals surface area contributed by atoms with E-state index >= 15 is 0 Å². The fourth-order valence-corrected chi connectivity index (χ4v) is 2.93. The van der Waals surface area contributed by atoms with Crippen molar-refractivity contribution in [3.63, 3.8) is 0 Å². The summed E-state index contributed by atoms with van der Waals surface area (Å²) >= 11 is 0. The standard InChI is InChI=1S/C17H15F3O3S/c1-24(22,23)14-9-7-12(8-10-14)15(17(18,19)20)11-16(21)13-5-3-2-4-6-13/h2-10,15H,11H2,1H3. The second kappa shape index (κ2) is 6.76. The summed E-state index contributed by atoms with van der Waals surface area (Å²) < 4.78 is 62.8. The molecule has 0 heterocycles. The Labute approximate surface area is 138 Å². The van der Waals surface area contributed by atoms with Gasteiger partial charge in [-0.25, -0.2) is 8.42 Å². The lowest BCUT2D eigenvalue weighted by Gasteiger charge is -2.20. The van der Waals surface area contributed by atoms with Crippen LogP contribution in [0.1, 0.15) is 28.3 Å². The van der Waals surface area contributed by atoms with Crippen LogP contribution in [0.25, 0.3) is 0 Å². The molecule has 2 rings (SSSR count). The summed E-state index contributed by atoms with van der Waals surface area (Å²) in [6, 6.07) is 12.2. The van der Waals surface area contributed by atoms with Crippen LogP contribution in [0.3, 0.4) is 0 Å². The maximum absolute atomic E-state index is 13.3. The van der Waals surface area contributed by atoms with Crippen LogP contribution in [0.15, 0.2) is 59.5 Å². The van der Waals surface area contributed by atoms with Crippen molar-refractivity contribution in [3.05, 3.63) is 65.7 Å². The normalized spacial score (nSPS) is 13.5. The lowest BCUT2D eigenvalue weighted by molar-refractivity contribution is -0.149. The van der Waals surface area contributed by atoms with Crippen molar-refractivity contribution in [2.45, 2.75) is 23.4 Å². The first-order valence-electron chi connectivity index (χ1n) is 7.04. The molecule has 0 saturated carbocycles. The molecular weight excluding hydrogens is 341 g/mol. The van der Waals surface area contributed by atoms with Crippen molar-refractivity contribution in [3.8, 4) is 0 Å². The molecule has 7 heteroatoms. The zero-order valence-corrected chi connectivity index (χ0v) is 13.6. The number of alkyl halides is 3. The molecule has 0 spiro atoms. The third kappa shape index (κ3) is 4.44. The molecule has 24 heavy (non-hydrogen) atoms. The van der Waals surface area contributed by atoms with Crippen LogP contribution in [0, 0.1) is 0 Å². The highest BCUT2D eigenvalue weighted by Crippen LogP contribution is 2.38. The average molecular weight is 356 g/mol. The smallest absolute Gasteiger partial charge is 0.294 e. The van der Waals surface area contributed by atoms with E-state index in [0.29, 0.717) is 0 Å².